The number of anilines is 2. The number of aliphatic imine (C=N–C) groups is 1. The number of hydrogen-bond acceptors (Lipinski definition) is 18. The van der Waals surface area contributed by atoms with E-state index in [0.717, 1.165) is 81.5 Å². The van der Waals surface area contributed by atoms with Gasteiger partial charge in [-0.25, -0.2) is 0 Å². The monoisotopic (exact) mass is 1120 g/mol. The molecule has 428 valence electrons. The van der Waals surface area contributed by atoms with Crippen LogP contribution in [0.25, 0.3) is 27.7 Å². The van der Waals surface area contributed by atoms with Crippen molar-refractivity contribution in [1.29, 1.82) is 0 Å². The number of rotatable bonds is 25. The van der Waals surface area contributed by atoms with Gasteiger partial charge in [-0.3, -0.25) is 19.6 Å². The minimum atomic E-state index is -0.845. The number of fused-ring (bicyclic) bond motifs is 2. The molecule has 3 unspecified atom stereocenters. The summed E-state index contributed by atoms with van der Waals surface area (Å²) in [6.45, 7) is 16.9. The lowest BCUT2D eigenvalue weighted by molar-refractivity contribution is -0.141. The highest BCUT2D eigenvalue weighted by Crippen LogP contribution is 2.39. The Balaban J connectivity index is 0.692. The fourth-order valence-corrected chi connectivity index (χ4v) is 11.7. The first-order valence-electron chi connectivity index (χ1n) is 28.2. The maximum absolute atomic E-state index is 14.0. The van der Waals surface area contributed by atoms with Gasteiger partial charge in [-0.05, 0) is 85.8 Å². The Morgan fingerprint density at radius 2 is 1.78 bits per heavy atom. The van der Waals surface area contributed by atoms with Crippen LogP contribution in [0.4, 0.5) is 11.6 Å². The average molecular weight is 1120 g/mol. The van der Waals surface area contributed by atoms with E-state index in [9.17, 15) is 14.7 Å². The fraction of sp³-hybridized carbons (Fsp3) is 0.467. The van der Waals surface area contributed by atoms with Gasteiger partial charge in [-0.15, -0.1) is 11.8 Å². The number of nitrogens with zero attached hydrogens (tertiary/aromatic N) is 8. The summed E-state index contributed by atoms with van der Waals surface area (Å²) in [7, 11) is 0. The van der Waals surface area contributed by atoms with Crippen LogP contribution in [0.2, 0.25) is 0 Å². The molecular formula is C60H74N12O8S. The number of benzene rings is 3. The van der Waals surface area contributed by atoms with E-state index in [1.54, 1.807) is 29.3 Å². The summed E-state index contributed by atoms with van der Waals surface area (Å²) in [5.41, 5.74) is 10.1. The molecule has 7 heterocycles. The number of β-amino-alcohol motifs (C(OH)–C–C–N with tert-alkyl or cyclic N) is 1. The van der Waals surface area contributed by atoms with Crippen LogP contribution < -0.4 is 30.7 Å². The lowest BCUT2D eigenvalue weighted by Gasteiger charge is -2.28. The van der Waals surface area contributed by atoms with Crippen LogP contribution in [0.5, 0.6) is 11.8 Å². The van der Waals surface area contributed by atoms with Crippen LogP contribution in [-0.2, 0) is 32.2 Å². The molecule has 81 heavy (non-hydrogen) atoms. The number of pyridine rings is 1. The highest BCUT2D eigenvalue weighted by atomic mass is 32.2. The van der Waals surface area contributed by atoms with E-state index >= 15 is 0 Å². The molecule has 2 fully saturated rings. The van der Waals surface area contributed by atoms with Gasteiger partial charge in [0.25, 0.3) is 0 Å². The third-order valence-electron chi connectivity index (χ3n) is 15.0. The van der Waals surface area contributed by atoms with E-state index in [1.165, 1.54) is 4.90 Å². The third-order valence-corrected chi connectivity index (χ3v) is 16.2. The zero-order chi connectivity index (χ0) is 56.4. The second-order valence-corrected chi connectivity index (χ2v) is 22.6. The summed E-state index contributed by atoms with van der Waals surface area (Å²) in [6, 6.07) is 24.0. The predicted octanol–water partition coefficient (Wildman–Crippen LogP) is 8.25. The molecule has 3 aliphatic rings. The first-order chi connectivity index (χ1) is 39.4. The zero-order valence-corrected chi connectivity index (χ0v) is 47.8. The number of aryl methyl sites for hydroxylation is 1. The first kappa shape index (κ1) is 57.1. The van der Waals surface area contributed by atoms with E-state index in [0.29, 0.717) is 68.7 Å². The van der Waals surface area contributed by atoms with Crippen molar-refractivity contribution >= 4 is 57.2 Å². The lowest BCUT2D eigenvalue weighted by atomic mass is 9.91. The molecule has 2 amide bonds. The number of likely N-dealkylation sites (tertiary alicyclic amines) is 1. The quantitative estimate of drug-likeness (QED) is 0.0339. The lowest BCUT2D eigenvalue weighted by Crippen LogP contribution is -2.48. The summed E-state index contributed by atoms with van der Waals surface area (Å²) >= 11 is 1.66. The average Bonchev–Trinajstić information content (AvgIpc) is 4.51. The molecule has 10 rings (SSSR count). The normalized spacial score (nSPS) is 19.5. The number of thioether (sulfide) groups is 1. The van der Waals surface area contributed by atoms with Crippen molar-refractivity contribution in [3.05, 3.63) is 119 Å². The van der Waals surface area contributed by atoms with Gasteiger partial charge >= 0.3 is 6.01 Å². The molecular weight excluding hydrogens is 1050 g/mol. The van der Waals surface area contributed by atoms with Crippen LogP contribution in [-0.4, -0.2) is 141 Å². The van der Waals surface area contributed by atoms with Crippen LogP contribution >= 0.6 is 11.8 Å². The van der Waals surface area contributed by atoms with Crippen molar-refractivity contribution in [1.82, 2.24) is 45.3 Å². The van der Waals surface area contributed by atoms with Gasteiger partial charge in [0.2, 0.25) is 17.8 Å². The maximum atomic E-state index is 14.0. The number of piperidine rings is 1. The molecule has 5 N–H and O–H groups in total. The molecule has 4 aromatic heterocycles. The maximum Gasteiger partial charge on any atom is 0.322 e. The van der Waals surface area contributed by atoms with Gasteiger partial charge in [0, 0.05) is 79.2 Å². The van der Waals surface area contributed by atoms with E-state index < -0.39 is 18.1 Å². The van der Waals surface area contributed by atoms with Crippen molar-refractivity contribution < 1.29 is 38.2 Å². The van der Waals surface area contributed by atoms with Crippen molar-refractivity contribution in [3.8, 4) is 23.0 Å². The molecule has 0 aliphatic carbocycles. The standard InChI is InChI=1S/C60H74N12O8S/c1-36(2)49-33-67-72-56(49)68-60(79-46-11-9-18-61-32-46)69-59(72)65-30-42-10-7-8-12-47(42)54-48-16-15-44(27-40(48)17-19-63-54)62-20-21-76-22-23-77-24-25-78-51-28-41(55-39(6)66-35-81-55)13-14-43(51)31-64-57(74)50-29-45(73)34-71(50)58(75)53(37(3)4)52-26-38(5)70-80-52/h7-8,10,12-17,19,26-28,33,35-37,39,45-46,50,53,55,61-62,73H,9,11,18,20-25,29-32,34H2,1-6H3,(H,64,74)(H,65,68,69)/t39?,45-,46-,50+,53?,55?/m1/s1. The molecule has 3 aromatic carbocycles. The number of carbonyl (C=O) groups is 2. The highest BCUT2D eigenvalue weighted by Gasteiger charge is 2.43. The Morgan fingerprint density at radius 1 is 0.938 bits per heavy atom. The largest absolute Gasteiger partial charge is 0.491 e. The smallest absolute Gasteiger partial charge is 0.322 e. The molecule has 21 heteroatoms. The second kappa shape index (κ2) is 26.6. The van der Waals surface area contributed by atoms with Crippen LogP contribution in [0.3, 0.4) is 0 Å². The van der Waals surface area contributed by atoms with Gasteiger partial charge in [0.1, 0.15) is 36.2 Å². The molecule has 0 radical (unpaired) electrons. The van der Waals surface area contributed by atoms with E-state index in [-0.39, 0.29) is 67.2 Å². The molecule has 2 saturated heterocycles. The summed E-state index contributed by atoms with van der Waals surface area (Å²) < 4.78 is 31.8. The third kappa shape index (κ3) is 13.8. The van der Waals surface area contributed by atoms with Gasteiger partial charge in [-0.1, -0.05) is 75.3 Å². The van der Waals surface area contributed by atoms with E-state index in [1.807, 2.05) is 68.2 Å². The molecule has 20 nitrogen and oxygen atoms in total. The molecule has 0 saturated carbocycles. The van der Waals surface area contributed by atoms with Crippen molar-refractivity contribution in [2.75, 3.05) is 69.8 Å². The zero-order valence-electron chi connectivity index (χ0n) is 47.0. The van der Waals surface area contributed by atoms with Gasteiger partial charge in [0.05, 0.1) is 67.0 Å². The number of nitrogens with one attached hydrogen (secondary N) is 4. The second-order valence-electron chi connectivity index (χ2n) is 21.6. The number of aliphatic hydroxyl groups is 1. The Morgan fingerprint density at radius 3 is 2.56 bits per heavy atom. The number of carbonyl (C=O) groups excluding carboxylic acids is 2. The summed E-state index contributed by atoms with van der Waals surface area (Å²) in [5.74, 6) is 0.471. The summed E-state index contributed by atoms with van der Waals surface area (Å²) in [6.07, 6.45) is 5.03. The number of hydrogen-bond donors (Lipinski definition) is 5. The number of amides is 2. The Labute approximate surface area is 476 Å². The molecule has 0 bridgehead atoms. The highest BCUT2D eigenvalue weighted by molar-refractivity contribution is 8.12. The molecule has 3 aliphatic heterocycles. The SMILES string of the molecule is Cc1cc(C(C(=O)N2C[C@H](O)C[C@H]2C(=O)NCc2ccc(C3SC=NC3C)cc2OCCOCCOCCNc2ccc3c(-c4ccccc4CNc4nc(O[C@@H]5CCCNC5)nc5c(C(C)C)cnn45)nccc3c2)C(C)C)on1. The Hall–Kier alpha value is -7.17. The van der Waals surface area contributed by atoms with Crippen molar-refractivity contribution in [2.45, 2.75) is 115 Å². The molecule has 0 spiro atoms. The van der Waals surface area contributed by atoms with E-state index in [2.05, 4.69) is 87.6 Å². The van der Waals surface area contributed by atoms with Crippen molar-refractivity contribution in [3.63, 3.8) is 0 Å². The summed E-state index contributed by atoms with van der Waals surface area (Å²) in [5, 5.41) is 35.1. The van der Waals surface area contributed by atoms with Gasteiger partial charge < -0.3 is 54.7 Å². The minimum absolute atomic E-state index is 0.00788. The number of aliphatic hydroxyl groups excluding tert-OH is 1. The number of ether oxygens (including phenoxy) is 4. The van der Waals surface area contributed by atoms with Crippen LogP contribution in [0, 0.1) is 12.8 Å². The van der Waals surface area contributed by atoms with Gasteiger partial charge in [0.15, 0.2) is 5.65 Å². The van der Waals surface area contributed by atoms with E-state index in [4.69, 9.17) is 38.4 Å². The Kier molecular flexibility index (Phi) is 18.8. The molecule has 7 aromatic rings. The predicted molar refractivity (Wildman–Crippen MR) is 313 cm³/mol. The fourth-order valence-electron chi connectivity index (χ4n) is 10.7. The summed E-state index contributed by atoms with van der Waals surface area (Å²) in [4.78, 5) is 48.3. The minimum Gasteiger partial charge on any atom is -0.491 e. The van der Waals surface area contributed by atoms with Gasteiger partial charge in [-0.2, -0.15) is 19.6 Å². The van der Waals surface area contributed by atoms with Crippen LogP contribution in [0.15, 0.2) is 94.7 Å². The van der Waals surface area contributed by atoms with Crippen LogP contribution in [0.1, 0.15) is 105 Å². The first-order valence-corrected chi connectivity index (χ1v) is 29.2. The topological polar surface area (TPSA) is 237 Å². The van der Waals surface area contributed by atoms with Crippen molar-refractivity contribution in [2.24, 2.45) is 10.9 Å². The Bertz CT molecular complexity index is 3310. The number of aromatic nitrogens is 6. The molecule has 6 atom stereocenters.